The number of fused-ring (bicyclic) bond motifs is 1. The van der Waals surface area contributed by atoms with Gasteiger partial charge in [0.15, 0.2) is 5.69 Å². The number of anilines is 1. The first-order valence-corrected chi connectivity index (χ1v) is 8.02. The predicted molar refractivity (Wildman–Crippen MR) is 87.7 cm³/mol. The quantitative estimate of drug-likeness (QED) is 0.709. The van der Waals surface area contributed by atoms with Crippen LogP contribution in [0.1, 0.15) is 21.1 Å². The summed E-state index contributed by atoms with van der Waals surface area (Å²) >= 11 is 6.88. The first kappa shape index (κ1) is 17.6. The van der Waals surface area contributed by atoms with E-state index in [0.717, 1.165) is 17.0 Å². The van der Waals surface area contributed by atoms with Crippen LogP contribution in [0, 0.1) is 0 Å². The Balaban J connectivity index is 1.83. The van der Waals surface area contributed by atoms with E-state index in [2.05, 4.69) is 15.3 Å². The van der Waals surface area contributed by atoms with Gasteiger partial charge in [-0.15, -0.1) is 11.3 Å². The van der Waals surface area contributed by atoms with E-state index in [1.807, 2.05) is 0 Å². The monoisotopic (exact) mass is 387 g/mol. The lowest BCUT2D eigenvalue weighted by atomic mass is 10.2. The van der Waals surface area contributed by atoms with E-state index in [1.54, 1.807) is 18.2 Å². The van der Waals surface area contributed by atoms with Crippen molar-refractivity contribution in [3.63, 3.8) is 0 Å². The van der Waals surface area contributed by atoms with E-state index < -0.39 is 22.8 Å². The van der Waals surface area contributed by atoms with Gasteiger partial charge in [0.2, 0.25) is 0 Å². The maximum absolute atomic E-state index is 12.6. The number of hydrogen-bond donors (Lipinski definition) is 2. The summed E-state index contributed by atoms with van der Waals surface area (Å²) in [6.07, 6.45) is -3.87. The van der Waals surface area contributed by atoms with E-state index in [-0.39, 0.29) is 12.2 Å². The Morgan fingerprint density at radius 1 is 1.32 bits per heavy atom. The highest BCUT2D eigenvalue weighted by molar-refractivity contribution is 7.18. The van der Waals surface area contributed by atoms with Gasteiger partial charge < -0.3 is 10.4 Å². The third-order valence-electron chi connectivity index (χ3n) is 3.20. The Labute approximate surface area is 148 Å². The lowest BCUT2D eigenvalue weighted by molar-refractivity contribution is -0.141. The second-order valence-corrected chi connectivity index (χ2v) is 6.48. The minimum Gasteiger partial charge on any atom is -0.389 e. The molecule has 0 fully saturated rings. The van der Waals surface area contributed by atoms with E-state index >= 15 is 0 Å². The highest BCUT2D eigenvalue weighted by Crippen LogP contribution is 2.33. The smallest absolute Gasteiger partial charge is 0.389 e. The molecule has 0 saturated carbocycles. The van der Waals surface area contributed by atoms with Gasteiger partial charge in [0.25, 0.3) is 5.91 Å². The van der Waals surface area contributed by atoms with Crippen LogP contribution < -0.4 is 5.32 Å². The van der Waals surface area contributed by atoms with Crippen LogP contribution >= 0.6 is 22.9 Å². The number of nitrogens with zero attached hydrogens (tertiary/aromatic N) is 2. The number of aromatic nitrogens is 2. The Kier molecular flexibility index (Phi) is 4.63. The van der Waals surface area contributed by atoms with Crippen LogP contribution in [0.5, 0.6) is 0 Å². The van der Waals surface area contributed by atoms with Crippen molar-refractivity contribution in [3.8, 4) is 0 Å². The van der Waals surface area contributed by atoms with Gasteiger partial charge in [-0.05, 0) is 24.3 Å². The third-order valence-corrected chi connectivity index (χ3v) is 4.51. The van der Waals surface area contributed by atoms with Crippen molar-refractivity contribution in [2.24, 2.45) is 0 Å². The summed E-state index contributed by atoms with van der Waals surface area (Å²) in [5.41, 5.74) is -0.350. The molecule has 1 aromatic carbocycles. The molecule has 3 rings (SSSR count). The Morgan fingerprint density at radius 2 is 2.08 bits per heavy atom. The molecule has 2 heterocycles. The molecule has 5 nitrogen and oxygen atoms in total. The number of benzene rings is 1. The van der Waals surface area contributed by atoms with Gasteiger partial charge in [-0.1, -0.05) is 11.6 Å². The SMILES string of the molecule is O=C(Nc1ccc2sc(CO)nc2c1)c1cnc(C(F)(F)F)c(Cl)c1. The standard InChI is InChI=1S/C15H9ClF3N3O2S/c16-9-3-7(5-20-13(9)15(17,18)19)14(24)21-8-1-2-11-10(4-8)22-12(6-23)25-11/h1-5,23H,6H2,(H,21,24). The molecule has 0 aliphatic carbocycles. The fourth-order valence-corrected chi connectivity index (χ4v) is 3.18. The second kappa shape index (κ2) is 6.58. The number of alkyl halides is 3. The lowest BCUT2D eigenvalue weighted by Gasteiger charge is -2.09. The van der Waals surface area contributed by atoms with E-state index in [4.69, 9.17) is 16.7 Å². The first-order chi connectivity index (χ1) is 11.8. The largest absolute Gasteiger partial charge is 0.434 e. The molecule has 0 aliphatic heterocycles. The normalized spacial score (nSPS) is 11.7. The molecule has 2 aromatic heterocycles. The van der Waals surface area contributed by atoms with Crippen LogP contribution in [-0.2, 0) is 12.8 Å². The van der Waals surface area contributed by atoms with Crippen molar-refractivity contribution in [1.82, 2.24) is 9.97 Å². The zero-order valence-corrected chi connectivity index (χ0v) is 13.8. The molecule has 0 saturated heterocycles. The maximum atomic E-state index is 12.6. The number of carbonyl (C=O) groups is 1. The zero-order chi connectivity index (χ0) is 18.2. The zero-order valence-electron chi connectivity index (χ0n) is 12.3. The molecule has 25 heavy (non-hydrogen) atoms. The van der Waals surface area contributed by atoms with Gasteiger partial charge in [-0.25, -0.2) is 9.97 Å². The molecule has 0 unspecified atom stereocenters. The summed E-state index contributed by atoms with van der Waals surface area (Å²) in [7, 11) is 0. The number of thiazole rings is 1. The lowest BCUT2D eigenvalue weighted by Crippen LogP contribution is -2.15. The van der Waals surface area contributed by atoms with E-state index in [9.17, 15) is 18.0 Å². The van der Waals surface area contributed by atoms with Crippen molar-refractivity contribution in [3.05, 3.63) is 51.7 Å². The Bertz CT molecular complexity index is 959. The van der Waals surface area contributed by atoms with Crippen molar-refractivity contribution in [1.29, 1.82) is 0 Å². The molecule has 0 radical (unpaired) electrons. The maximum Gasteiger partial charge on any atom is 0.434 e. The minimum absolute atomic E-state index is 0.104. The molecule has 0 bridgehead atoms. The summed E-state index contributed by atoms with van der Waals surface area (Å²) in [6.45, 7) is -0.184. The van der Waals surface area contributed by atoms with Crippen molar-refractivity contribution in [2.75, 3.05) is 5.32 Å². The summed E-state index contributed by atoms with van der Waals surface area (Å²) < 4.78 is 38.7. The number of hydrogen-bond acceptors (Lipinski definition) is 5. The Morgan fingerprint density at radius 3 is 2.72 bits per heavy atom. The molecule has 0 atom stereocenters. The number of rotatable bonds is 3. The average molecular weight is 388 g/mol. The number of amides is 1. The third kappa shape index (κ3) is 3.73. The van der Waals surface area contributed by atoms with Gasteiger partial charge in [0.05, 0.1) is 27.4 Å². The summed E-state index contributed by atoms with van der Waals surface area (Å²) in [6, 6.07) is 5.86. The number of aliphatic hydroxyl groups excluding tert-OH is 1. The second-order valence-electron chi connectivity index (χ2n) is 4.95. The number of aliphatic hydroxyl groups is 1. The van der Waals surface area contributed by atoms with Crippen LogP contribution in [0.2, 0.25) is 5.02 Å². The molecular formula is C15H9ClF3N3O2S. The number of nitrogens with one attached hydrogen (secondary N) is 1. The number of pyridine rings is 1. The van der Waals surface area contributed by atoms with Crippen LogP contribution in [0.3, 0.4) is 0 Å². The number of halogens is 4. The van der Waals surface area contributed by atoms with Crippen LogP contribution in [-0.4, -0.2) is 21.0 Å². The average Bonchev–Trinajstić information content (AvgIpc) is 2.95. The van der Waals surface area contributed by atoms with Crippen molar-refractivity contribution >= 4 is 44.7 Å². The molecule has 1 amide bonds. The molecule has 0 spiro atoms. The fourth-order valence-electron chi connectivity index (χ4n) is 2.09. The highest BCUT2D eigenvalue weighted by Gasteiger charge is 2.35. The molecular weight excluding hydrogens is 379 g/mol. The van der Waals surface area contributed by atoms with E-state index in [1.165, 1.54) is 11.3 Å². The van der Waals surface area contributed by atoms with E-state index in [0.29, 0.717) is 16.2 Å². The Hall–Kier alpha value is -2.23. The summed E-state index contributed by atoms with van der Waals surface area (Å²) in [5.74, 6) is -0.653. The van der Waals surface area contributed by atoms with Gasteiger partial charge in [-0.3, -0.25) is 4.79 Å². The van der Waals surface area contributed by atoms with Crippen LogP contribution in [0.15, 0.2) is 30.5 Å². The molecule has 130 valence electrons. The fraction of sp³-hybridized carbons (Fsp3) is 0.133. The van der Waals surface area contributed by atoms with Crippen LogP contribution in [0.4, 0.5) is 18.9 Å². The molecule has 0 aliphatic rings. The molecule has 2 N–H and O–H groups in total. The number of carbonyl (C=O) groups excluding carboxylic acids is 1. The van der Waals surface area contributed by atoms with Crippen molar-refractivity contribution < 1.29 is 23.1 Å². The van der Waals surface area contributed by atoms with Gasteiger partial charge in [0, 0.05) is 11.9 Å². The van der Waals surface area contributed by atoms with Crippen molar-refractivity contribution in [2.45, 2.75) is 12.8 Å². The molecule has 3 aromatic rings. The van der Waals surface area contributed by atoms with Gasteiger partial charge >= 0.3 is 6.18 Å². The van der Waals surface area contributed by atoms with Crippen LogP contribution in [0.25, 0.3) is 10.2 Å². The topological polar surface area (TPSA) is 75.1 Å². The van der Waals surface area contributed by atoms with Gasteiger partial charge in [0.1, 0.15) is 5.01 Å². The first-order valence-electron chi connectivity index (χ1n) is 6.82. The molecule has 10 heteroatoms. The van der Waals surface area contributed by atoms with Gasteiger partial charge in [-0.2, -0.15) is 13.2 Å². The predicted octanol–water partition coefficient (Wildman–Crippen LogP) is 4.11. The highest BCUT2D eigenvalue weighted by atomic mass is 35.5. The summed E-state index contributed by atoms with van der Waals surface area (Å²) in [4.78, 5) is 19.6. The minimum atomic E-state index is -4.69. The summed E-state index contributed by atoms with van der Waals surface area (Å²) in [5, 5.41) is 11.5.